The molecule has 1 aliphatic rings. The zero-order chi connectivity index (χ0) is 11.0. The van der Waals surface area contributed by atoms with Gasteiger partial charge in [-0.25, -0.2) is 0 Å². The van der Waals surface area contributed by atoms with Crippen LogP contribution in [0.25, 0.3) is 0 Å². The molecule has 0 spiro atoms. The summed E-state index contributed by atoms with van der Waals surface area (Å²) in [5, 5.41) is 1.05. The topological polar surface area (TPSA) is 27.7 Å². The number of rotatable bonds is 7. The summed E-state index contributed by atoms with van der Waals surface area (Å²) in [7, 11) is 1.70. The minimum Gasteiger partial charge on any atom is -0.382 e. The molecule has 0 aromatic heterocycles. The van der Waals surface area contributed by atoms with E-state index in [1.807, 2.05) is 0 Å². The minimum atomic E-state index is 0.394. The van der Waals surface area contributed by atoms with Crippen LogP contribution < -0.4 is 0 Å². The largest absolute Gasteiger partial charge is 0.382 e. The molecule has 0 bridgehead atoms. The van der Waals surface area contributed by atoms with Crippen LogP contribution in [0.5, 0.6) is 0 Å². The molecule has 0 unspecified atom stereocenters. The first kappa shape index (κ1) is 13.4. The highest BCUT2D eigenvalue weighted by molar-refractivity contribution is 9.09. The Morgan fingerprint density at radius 1 is 1.20 bits per heavy atom. The van der Waals surface area contributed by atoms with Crippen molar-refractivity contribution in [2.45, 2.75) is 19.3 Å². The molecule has 0 aromatic carbocycles. The summed E-state index contributed by atoms with van der Waals surface area (Å²) in [6.07, 6.45) is 3.41. The molecule has 3 nitrogen and oxygen atoms in total. The van der Waals surface area contributed by atoms with Crippen LogP contribution in [0, 0.1) is 5.41 Å². The van der Waals surface area contributed by atoms with Crippen LogP contribution in [0.4, 0.5) is 0 Å². The Morgan fingerprint density at radius 2 is 1.93 bits per heavy atom. The van der Waals surface area contributed by atoms with Crippen molar-refractivity contribution >= 4 is 15.9 Å². The molecule has 0 radical (unpaired) electrons. The molecule has 1 saturated heterocycles. The van der Waals surface area contributed by atoms with Gasteiger partial charge in [0.1, 0.15) is 0 Å². The molecule has 0 saturated carbocycles. The van der Waals surface area contributed by atoms with Crippen LogP contribution in [-0.2, 0) is 14.2 Å². The van der Waals surface area contributed by atoms with Crippen LogP contribution in [-0.4, -0.2) is 45.5 Å². The molecule has 4 heteroatoms. The van der Waals surface area contributed by atoms with Gasteiger partial charge in [0.05, 0.1) is 13.2 Å². The van der Waals surface area contributed by atoms with Crippen molar-refractivity contribution in [2.75, 3.05) is 45.5 Å². The summed E-state index contributed by atoms with van der Waals surface area (Å²) < 4.78 is 15.8. The summed E-state index contributed by atoms with van der Waals surface area (Å²) in [6.45, 7) is 4.00. The molecule has 0 atom stereocenters. The van der Waals surface area contributed by atoms with E-state index < -0.39 is 0 Å². The highest BCUT2D eigenvalue weighted by atomic mass is 79.9. The van der Waals surface area contributed by atoms with Crippen molar-refractivity contribution in [1.29, 1.82) is 0 Å². The summed E-state index contributed by atoms with van der Waals surface area (Å²) in [5.41, 5.74) is 0.394. The van der Waals surface area contributed by atoms with Gasteiger partial charge in [-0.05, 0) is 24.7 Å². The van der Waals surface area contributed by atoms with Gasteiger partial charge in [-0.15, -0.1) is 0 Å². The van der Waals surface area contributed by atoms with Crippen LogP contribution >= 0.6 is 15.9 Å². The highest BCUT2D eigenvalue weighted by Gasteiger charge is 2.30. The van der Waals surface area contributed by atoms with E-state index >= 15 is 0 Å². The van der Waals surface area contributed by atoms with Gasteiger partial charge in [-0.3, -0.25) is 0 Å². The number of hydrogen-bond donors (Lipinski definition) is 0. The molecule has 15 heavy (non-hydrogen) atoms. The fourth-order valence-corrected chi connectivity index (χ4v) is 2.63. The quantitative estimate of drug-likeness (QED) is 0.529. The van der Waals surface area contributed by atoms with E-state index in [4.69, 9.17) is 14.2 Å². The third kappa shape index (κ3) is 4.81. The molecule has 1 fully saturated rings. The molecule has 90 valence electrons. The lowest BCUT2D eigenvalue weighted by Crippen LogP contribution is -2.32. The first-order chi connectivity index (χ1) is 7.33. The maximum Gasteiger partial charge on any atom is 0.0700 e. The molecular formula is C11H21BrO3. The Balaban J connectivity index is 2.15. The standard InChI is InChI=1S/C11H21BrO3/c1-13-8-9-15-7-4-11(10-12)2-5-14-6-3-11/h2-10H2,1H3. The molecule has 1 aliphatic heterocycles. The lowest BCUT2D eigenvalue weighted by atomic mass is 9.80. The Labute approximate surface area is 101 Å². The maximum absolute atomic E-state index is 5.52. The van der Waals surface area contributed by atoms with E-state index in [2.05, 4.69) is 15.9 Å². The molecule has 1 heterocycles. The van der Waals surface area contributed by atoms with Crippen molar-refractivity contribution in [3.05, 3.63) is 0 Å². The van der Waals surface area contributed by atoms with Crippen molar-refractivity contribution in [3.63, 3.8) is 0 Å². The number of methoxy groups -OCH3 is 1. The van der Waals surface area contributed by atoms with Crippen molar-refractivity contribution in [2.24, 2.45) is 5.41 Å². The van der Waals surface area contributed by atoms with Crippen LogP contribution in [0.1, 0.15) is 19.3 Å². The first-order valence-electron chi connectivity index (χ1n) is 5.53. The van der Waals surface area contributed by atoms with Crippen LogP contribution in [0.3, 0.4) is 0 Å². The maximum atomic E-state index is 5.52. The zero-order valence-electron chi connectivity index (χ0n) is 9.47. The van der Waals surface area contributed by atoms with Gasteiger partial charge in [0.2, 0.25) is 0 Å². The van der Waals surface area contributed by atoms with Crippen LogP contribution in [0.2, 0.25) is 0 Å². The minimum absolute atomic E-state index is 0.394. The predicted octanol–water partition coefficient (Wildman–Crippen LogP) is 2.23. The lowest BCUT2D eigenvalue weighted by molar-refractivity contribution is -0.000351. The normalized spacial score (nSPS) is 20.4. The molecule has 0 aliphatic carbocycles. The van der Waals surface area contributed by atoms with Gasteiger partial charge >= 0.3 is 0 Å². The number of ether oxygens (including phenoxy) is 3. The van der Waals surface area contributed by atoms with E-state index in [0.29, 0.717) is 18.6 Å². The average Bonchev–Trinajstić information content (AvgIpc) is 2.30. The van der Waals surface area contributed by atoms with E-state index in [9.17, 15) is 0 Å². The summed E-state index contributed by atoms with van der Waals surface area (Å²) in [4.78, 5) is 0. The van der Waals surface area contributed by atoms with Crippen molar-refractivity contribution < 1.29 is 14.2 Å². The van der Waals surface area contributed by atoms with E-state index in [1.54, 1.807) is 7.11 Å². The number of hydrogen-bond acceptors (Lipinski definition) is 3. The highest BCUT2D eigenvalue weighted by Crippen LogP contribution is 2.35. The van der Waals surface area contributed by atoms with Crippen molar-refractivity contribution in [3.8, 4) is 0 Å². The molecule has 0 aromatic rings. The molecular weight excluding hydrogens is 260 g/mol. The van der Waals surface area contributed by atoms with Crippen LogP contribution in [0.15, 0.2) is 0 Å². The Bertz CT molecular complexity index is 158. The Hall–Kier alpha value is 0.360. The van der Waals surface area contributed by atoms with Crippen molar-refractivity contribution in [1.82, 2.24) is 0 Å². The monoisotopic (exact) mass is 280 g/mol. The van der Waals surface area contributed by atoms with E-state index in [-0.39, 0.29) is 0 Å². The molecule has 0 amide bonds. The number of alkyl halides is 1. The number of halogens is 1. The van der Waals surface area contributed by atoms with Gasteiger partial charge in [-0.2, -0.15) is 0 Å². The molecule has 1 rings (SSSR count). The third-order valence-corrected chi connectivity index (χ3v) is 4.23. The van der Waals surface area contributed by atoms with Gasteiger partial charge in [0, 0.05) is 32.3 Å². The second-order valence-corrected chi connectivity index (χ2v) is 4.66. The van der Waals surface area contributed by atoms with E-state index in [0.717, 1.165) is 44.4 Å². The Kier molecular flexibility index (Phi) is 6.81. The van der Waals surface area contributed by atoms with E-state index in [1.165, 1.54) is 0 Å². The predicted molar refractivity (Wildman–Crippen MR) is 63.6 cm³/mol. The lowest BCUT2D eigenvalue weighted by Gasteiger charge is -2.35. The fraction of sp³-hybridized carbons (Fsp3) is 1.00. The smallest absolute Gasteiger partial charge is 0.0700 e. The summed E-state index contributed by atoms with van der Waals surface area (Å²) in [5.74, 6) is 0. The van der Waals surface area contributed by atoms with Gasteiger partial charge in [0.15, 0.2) is 0 Å². The fourth-order valence-electron chi connectivity index (χ4n) is 1.79. The summed E-state index contributed by atoms with van der Waals surface area (Å²) in [6, 6.07) is 0. The summed E-state index contributed by atoms with van der Waals surface area (Å²) >= 11 is 3.62. The average molecular weight is 281 g/mol. The first-order valence-corrected chi connectivity index (χ1v) is 6.65. The SMILES string of the molecule is COCCOCCC1(CBr)CCOCC1. The third-order valence-electron chi connectivity index (χ3n) is 3.05. The zero-order valence-corrected chi connectivity index (χ0v) is 11.1. The second kappa shape index (κ2) is 7.60. The molecule has 0 N–H and O–H groups in total. The van der Waals surface area contributed by atoms with Gasteiger partial charge in [0.25, 0.3) is 0 Å². The Morgan fingerprint density at radius 3 is 2.53 bits per heavy atom. The second-order valence-electron chi connectivity index (χ2n) is 4.10. The van der Waals surface area contributed by atoms with Gasteiger partial charge in [-0.1, -0.05) is 15.9 Å². The van der Waals surface area contributed by atoms with Gasteiger partial charge < -0.3 is 14.2 Å².